The monoisotopic (exact) mass is 267 g/mol. The second-order valence-corrected chi connectivity index (χ2v) is 6.39. The van der Waals surface area contributed by atoms with Gasteiger partial charge in [-0.25, -0.2) is 4.79 Å². The van der Waals surface area contributed by atoms with Crippen LogP contribution in [0.5, 0.6) is 0 Å². The normalized spacial score (nSPS) is 30.4. The molecule has 0 aromatic rings. The number of hydrogen-bond donors (Lipinski definition) is 2. The van der Waals surface area contributed by atoms with E-state index in [1.165, 1.54) is 19.3 Å². The number of rotatable bonds is 2. The van der Waals surface area contributed by atoms with Crippen molar-refractivity contribution in [1.82, 2.24) is 15.5 Å². The number of likely N-dealkylation sites (tertiary alicyclic amines) is 1. The third kappa shape index (κ3) is 3.03. The molecule has 3 fully saturated rings. The van der Waals surface area contributed by atoms with E-state index in [4.69, 9.17) is 4.74 Å². The molecule has 5 heteroatoms. The lowest BCUT2D eigenvalue weighted by Gasteiger charge is -2.48. The van der Waals surface area contributed by atoms with Crippen molar-refractivity contribution in [2.45, 2.75) is 44.2 Å². The van der Waals surface area contributed by atoms with Crippen molar-refractivity contribution in [3.05, 3.63) is 0 Å². The Morgan fingerprint density at radius 1 is 1.26 bits per heavy atom. The second kappa shape index (κ2) is 5.29. The van der Waals surface area contributed by atoms with Crippen molar-refractivity contribution in [3.8, 4) is 0 Å². The zero-order valence-electron chi connectivity index (χ0n) is 11.8. The van der Waals surface area contributed by atoms with Crippen LogP contribution < -0.4 is 10.6 Å². The fourth-order valence-corrected chi connectivity index (χ4v) is 3.56. The summed E-state index contributed by atoms with van der Waals surface area (Å²) in [6, 6.07) is 1.22. The largest absolute Gasteiger partial charge is 0.381 e. The number of hydrogen-bond acceptors (Lipinski definition) is 3. The smallest absolute Gasteiger partial charge is 0.317 e. The summed E-state index contributed by atoms with van der Waals surface area (Å²) in [5, 5.41) is 6.48. The van der Waals surface area contributed by atoms with Gasteiger partial charge in [0, 0.05) is 45.4 Å². The van der Waals surface area contributed by atoms with Gasteiger partial charge in [0.2, 0.25) is 0 Å². The van der Waals surface area contributed by atoms with Gasteiger partial charge in [-0.2, -0.15) is 0 Å². The molecule has 5 nitrogen and oxygen atoms in total. The van der Waals surface area contributed by atoms with Gasteiger partial charge in [-0.3, -0.25) is 0 Å². The van der Waals surface area contributed by atoms with Crippen molar-refractivity contribution in [3.63, 3.8) is 0 Å². The number of ether oxygens (including phenoxy) is 1. The lowest BCUT2D eigenvalue weighted by Crippen LogP contribution is -2.58. The molecule has 0 bridgehead atoms. The van der Waals surface area contributed by atoms with Gasteiger partial charge in [0.05, 0.1) is 0 Å². The summed E-state index contributed by atoms with van der Waals surface area (Å²) in [6.07, 6.45) is 5.96. The van der Waals surface area contributed by atoms with E-state index in [-0.39, 0.29) is 11.4 Å². The van der Waals surface area contributed by atoms with E-state index in [0.29, 0.717) is 12.1 Å². The first-order chi connectivity index (χ1) is 9.21. The SMILES string of the molecule is CNC(=O)N1CC(NC2CC2)CC2(CCOCC2)C1. The Morgan fingerprint density at radius 2 is 2.00 bits per heavy atom. The molecule has 2 N–H and O–H groups in total. The molecule has 2 amide bonds. The topological polar surface area (TPSA) is 53.6 Å². The second-order valence-electron chi connectivity index (χ2n) is 6.39. The van der Waals surface area contributed by atoms with E-state index in [1.54, 1.807) is 7.05 Å². The molecule has 19 heavy (non-hydrogen) atoms. The Labute approximate surface area is 115 Å². The van der Waals surface area contributed by atoms with Gasteiger partial charge in [-0.1, -0.05) is 0 Å². The molecule has 2 heterocycles. The molecule has 1 saturated carbocycles. The first-order valence-electron chi connectivity index (χ1n) is 7.51. The van der Waals surface area contributed by atoms with Crippen LogP contribution in [-0.4, -0.2) is 56.4 Å². The average molecular weight is 267 g/mol. The molecule has 108 valence electrons. The van der Waals surface area contributed by atoms with Gasteiger partial charge in [-0.05, 0) is 37.5 Å². The molecule has 1 spiro atoms. The molecule has 2 aliphatic heterocycles. The van der Waals surface area contributed by atoms with Crippen molar-refractivity contribution < 1.29 is 9.53 Å². The van der Waals surface area contributed by atoms with Gasteiger partial charge >= 0.3 is 6.03 Å². The first-order valence-corrected chi connectivity index (χ1v) is 7.51. The summed E-state index contributed by atoms with van der Waals surface area (Å²) in [4.78, 5) is 14.0. The quantitative estimate of drug-likeness (QED) is 0.783. The van der Waals surface area contributed by atoms with Crippen LogP contribution in [0, 0.1) is 5.41 Å². The summed E-state index contributed by atoms with van der Waals surface area (Å²) < 4.78 is 5.51. The molecule has 1 aliphatic carbocycles. The van der Waals surface area contributed by atoms with E-state index in [2.05, 4.69) is 10.6 Å². The summed E-state index contributed by atoms with van der Waals surface area (Å²) in [5.41, 5.74) is 0.273. The van der Waals surface area contributed by atoms with Crippen molar-refractivity contribution in [2.24, 2.45) is 5.41 Å². The molecule has 3 rings (SSSR count). The van der Waals surface area contributed by atoms with Crippen molar-refractivity contribution in [2.75, 3.05) is 33.4 Å². The summed E-state index contributed by atoms with van der Waals surface area (Å²) in [7, 11) is 1.72. The minimum atomic E-state index is 0.0631. The molecule has 0 aromatic heterocycles. The highest BCUT2D eigenvalue weighted by Gasteiger charge is 2.43. The van der Waals surface area contributed by atoms with E-state index in [1.807, 2.05) is 4.90 Å². The highest BCUT2D eigenvalue weighted by molar-refractivity contribution is 5.74. The van der Waals surface area contributed by atoms with Gasteiger partial charge in [-0.15, -0.1) is 0 Å². The Hall–Kier alpha value is -0.810. The van der Waals surface area contributed by atoms with Gasteiger partial charge in [0.25, 0.3) is 0 Å². The Morgan fingerprint density at radius 3 is 2.63 bits per heavy atom. The zero-order valence-corrected chi connectivity index (χ0v) is 11.8. The lowest BCUT2D eigenvalue weighted by molar-refractivity contribution is -0.0272. The Bertz CT molecular complexity index is 338. The standard InChI is InChI=1S/C14H25N3O2/c1-15-13(18)17-9-12(16-11-2-3-11)8-14(10-17)4-6-19-7-5-14/h11-12,16H,2-10H2,1H3,(H,15,18). The van der Waals surface area contributed by atoms with E-state index in [0.717, 1.165) is 39.1 Å². The van der Waals surface area contributed by atoms with Crippen molar-refractivity contribution in [1.29, 1.82) is 0 Å². The predicted molar refractivity (Wildman–Crippen MR) is 73.1 cm³/mol. The number of urea groups is 1. The van der Waals surface area contributed by atoms with Crippen LogP contribution in [0.15, 0.2) is 0 Å². The van der Waals surface area contributed by atoms with E-state index < -0.39 is 0 Å². The maximum atomic E-state index is 12.0. The fourth-order valence-electron chi connectivity index (χ4n) is 3.56. The van der Waals surface area contributed by atoms with Crippen LogP contribution in [-0.2, 0) is 4.74 Å². The molecular formula is C14H25N3O2. The van der Waals surface area contributed by atoms with Gasteiger partial charge < -0.3 is 20.3 Å². The maximum absolute atomic E-state index is 12.0. The third-order valence-electron chi connectivity index (χ3n) is 4.75. The minimum Gasteiger partial charge on any atom is -0.381 e. The minimum absolute atomic E-state index is 0.0631. The highest BCUT2D eigenvalue weighted by Crippen LogP contribution is 2.40. The zero-order chi connectivity index (χ0) is 13.3. The molecule has 1 unspecified atom stereocenters. The maximum Gasteiger partial charge on any atom is 0.317 e. The Balaban J connectivity index is 1.70. The van der Waals surface area contributed by atoms with E-state index in [9.17, 15) is 4.79 Å². The molecular weight excluding hydrogens is 242 g/mol. The number of carbonyl (C=O) groups is 1. The summed E-state index contributed by atoms with van der Waals surface area (Å²) in [5.74, 6) is 0. The Kier molecular flexibility index (Phi) is 3.67. The molecule has 3 aliphatic rings. The first kappa shape index (κ1) is 13.2. The van der Waals surface area contributed by atoms with Crippen LogP contribution in [0.1, 0.15) is 32.1 Å². The number of piperidine rings is 1. The fraction of sp³-hybridized carbons (Fsp3) is 0.929. The highest BCUT2D eigenvalue weighted by atomic mass is 16.5. The van der Waals surface area contributed by atoms with Crippen molar-refractivity contribution >= 4 is 6.03 Å². The molecule has 1 atom stereocenters. The summed E-state index contributed by atoms with van der Waals surface area (Å²) >= 11 is 0. The predicted octanol–water partition coefficient (Wildman–Crippen LogP) is 0.949. The lowest BCUT2D eigenvalue weighted by atomic mass is 9.72. The van der Waals surface area contributed by atoms with Gasteiger partial charge in [0.15, 0.2) is 0 Å². The number of amides is 2. The van der Waals surface area contributed by atoms with Crippen LogP contribution in [0.25, 0.3) is 0 Å². The molecule has 0 aromatic carbocycles. The average Bonchev–Trinajstić information content (AvgIpc) is 3.22. The number of nitrogens with one attached hydrogen (secondary N) is 2. The molecule has 0 radical (unpaired) electrons. The molecule has 2 saturated heterocycles. The van der Waals surface area contributed by atoms with Crippen LogP contribution in [0.3, 0.4) is 0 Å². The van der Waals surface area contributed by atoms with Crippen LogP contribution >= 0.6 is 0 Å². The van der Waals surface area contributed by atoms with E-state index >= 15 is 0 Å². The third-order valence-corrected chi connectivity index (χ3v) is 4.75. The van der Waals surface area contributed by atoms with Crippen LogP contribution in [0.2, 0.25) is 0 Å². The number of nitrogens with zero attached hydrogens (tertiary/aromatic N) is 1. The van der Waals surface area contributed by atoms with Gasteiger partial charge in [0.1, 0.15) is 0 Å². The number of carbonyl (C=O) groups excluding carboxylic acids is 1. The van der Waals surface area contributed by atoms with Crippen LogP contribution in [0.4, 0.5) is 4.79 Å². The summed E-state index contributed by atoms with van der Waals surface area (Å²) in [6.45, 7) is 3.42.